The van der Waals surface area contributed by atoms with Gasteiger partial charge in [-0.2, -0.15) is 0 Å². The van der Waals surface area contributed by atoms with Gasteiger partial charge in [0.1, 0.15) is 12.1 Å². The predicted octanol–water partition coefficient (Wildman–Crippen LogP) is 1.50. The second kappa shape index (κ2) is 11.1. The third kappa shape index (κ3) is 7.50. The van der Waals surface area contributed by atoms with E-state index in [-0.39, 0.29) is 18.6 Å². The summed E-state index contributed by atoms with van der Waals surface area (Å²) in [4.78, 5) is 36.3. The first kappa shape index (κ1) is 22.3. The van der Waals surface area contributed by atoms with E-state index in [0.717, 1.165) is 5.56 Å². The molecule has 0 unspecified atom stereocenters. The Morgan fingerprint density at radius 2 is 1.52 bits per heavy atom. The van der Waals surface area contributed by atoms with Crippen LogP contribution in [0.1, 0.15) is 18.9 Å². The van der Waals surface area contributed by atoms with Crippen LogP contribution >= 0.6 is 0 Å². The van der Waals surface area contributed by atoms with Gasteiger partial charge in [0, 0.05) is 24.0 Å². The minimum Gasteiger partial charge on any atom is -0.480 e. The lowest BCUT2D eigenvalue weighted by Crippen LogP contribution is -2.52. The Labute approximate surface area is 172 Å². The van der Waals surface area contributed by atoms with Crippen LogP contribution in [-0.2, 0) is 31.6 Å². The molecule has 3 N–H and O–H groups in total. The summed E-state index contributed by atoms with van der Waals surface area (Å²) in [5, 5.41) is 14.5. The van der Waals surface area contributed by atoms with Gasteiger partial charge in [0.2, 0.25) is 11.8 Å². The fourth-order valence-electron chi connectivity index (χ4n) is 2.75. The number of hydrogen-bond acceptors (Lipinski definition) is 4. The van der Waals surface area contributed by atoms with Gasteiger partial charge in [-0.1, -0.05) is 48.5 Å². The van der Waals surface area contributed by atoms with E-state index in [1.807, 2.05) is 30.3 Å². The summed E-state index contributed by atoms with van der Waals surface area (Å²) < 4.78 is 12.3. The summed E-state index contributed by atoms with van der Waals surface area (Å²) in [5.41, 5.74) is 0.832. The first-order chi connectivity index (χ1) is 13.9. The van der Waals surface area contributed by atoms with E-state index in [2.05, 4.69) is 10.6 Å². The van der Waals surface area contributed by atoms with Crippen LogP contribution in [0.5, 0.6) is 0 Å². The molecule has 2 aromatic carbocycles. The van der Waals surface area contributed by atoms with Crippen molar-refractivity contribution in [1.29, 1.82) is 0 Å². The Kier molecular flexibility index (Phi) is 8.54. The van der Waals surface area contributed by atoms with Crippen LogP contribution in [0.25, 0.3) is 0 Å². The van der Waals surface area contributed by atoms with Gasteiger partial charge in [0.05, 0.1) is 10.8 Å². The molecule has 0 bridgehead atoms. The zero-order valence-corrected chi connectivity index (χ0v) is 16.9. The Bertz CT molecular complexity index is 858. The number of nitrogens with one attached hydrogen (secondary N) is 2. The number of carbonyl (C=O) groups is 3. The molecule has 0 fully saturated rings. The minimum absolute atomic E-state index is 0.000702. The summed E-state index contributed by atoms with van der Waals surface area (Å²) in [7, 11) is -1.37. The maximum Gasteiger partial charge on any atom is 0.326 e. The SMILES string of the molecule is CC(=O)N[C@H](Cc1ccccc1)C(=O)N[C@@H](CC[S@@](=O)c1ccccc1)C(=O)O. The molecule has 0 spiro atoms. The largest absolute Gasteiger partial charge is 0.480 e. The number of hydrogen-bond donors (Lipinski definition) is 3. The average Bonchev–Trinajstić information content (AvgIpc) is 2.71. The first-order valence-electron chi connectivity index (χ1n) is 9.14. The highest BCUT2D eigenvalue weighted by Gasteiger charge is 2.26. The Hall–Kier alpha value is -3.00. The molecular weight excluding hydrogens is 392 g/mol. The molecule has 0 radical (unpaired) electrons. The van der Waals surface area contributed by atoms with E-state index in [0.29, 0.717) is 4.90 Å². The van der Waals surface area contributed by atoms with Crippen LogP contribution in [0.4, 0.5) is 0 Å². The van der Waals surface area contributed by atoms with E-state index < -0.39 is 40.7 Å². The van der Waals surface area contributed by atoms with E-state index in [1.165, 1.54) is 6.92 Å². The Morgan fingerprint density at radius 3 is 2.07 bits per heavy atom. The van der Waals surface area contributed by atoms with E-state index >= 15 is 0 Å². The lowest BCUT2D eigenvalue weighted by molar-refractivity contribution is -0.142. The number of aliphatic carboxylic acids is 1. The molecule has 2 aromatic rings. The van der Waals surface area contributed by atoms with Crippen molar-refractivity contribution in [2.24, 2.45) is 0 Å². The summed E-state index contributed by atoms with van der Waals surface area (Å²) in [5.74, 6) is -2.12. The van der Waals surface area contributed by atoms with Crippen molar-refractivity contribution >= 4 is 28.6 Å². The highest BCUT2D eigenvalue weighted by molar-refractivity contribution is 7.85. The van der Waals surface area contributed by atoms with Crippen LogP contribution in [0.3, 0.4) is 0 Å². The van der Waals surface area contributed by atoms with Crippen molar-refractivity contribution in [2.45, 2.75) is 36.7 Å². The van der Waals surface area contributed by atoms with Gasteiger partial charge in [-0.3, -0.25) is 13.8 Å². The normalized spacial score (nSPS) is 13.7. The summed E-state index contributed by atoms with van der Waals surface area (Å²) in [6.45, 7) is 1.29. The maximum absolute atomic E-state index is 12.6. The number of carbonyl (C=O) groups excluding carboxylic acids is 2. The number of carboxylic acids is 1. The molecule has 0 aliphatic heterocycles. The molecule has 0 heterocycles. The molecule has 3 atom stereocenters. The van der Waals surface area contributed by atoms with Crippen molar-refractivity contribution in [3.63, 3.8) is 0 Å². The van der Waals surface area contributed by atoms with Crippen molar-refractivity contribution in [1.82, 2.24) is 10.6 Å². The smallest absolute Gasteiger partial charge is 0.326 e. The predicted molar refractivity (Wildman–Crippen MR) is 110 cm³/mol. The van der Waals surface area contributed by atoms with Gasteiger partial charge in [0.25, 0.3) is 0 Å². The van der Waals surface area contributed by atoms with Crippen LogP contribution in [-0.4, -0.2) is 44.9 Å². The summed E-state index contributed by atoms with van der Waals surface area (Å²) in [6, 6.07) is 15.7. The van der Waals surface area contributed by atoms with E-state index in [4.69, 9.17) is 0 Å². The van der Waals surface area contributed by atoms with E-state index in [1.54, 1.807) is 30.3 Å². The average molecular weight is 416 g/mol. The topological polar surface area (TPSA) is 113 Å². The second-order valence-electron chi connectivity index (χ2n) is 6.49. The van der Waals surface area contributed by atoms with E-state index in [9.17, 15) is 23.7 Å². The van der Waals surface area contributed by atoms with Crippen LogP contribution < -0.4 is 10.6 Å². The zero-order chi connectivity index (χ0) is 21.2. The van der Waals surface area contributed by atoms with Gasteiger partial charge in [0.15, 0.2) is 0 Å². The fourth-order valence-corrected chi connectivity index (χ4v) is 3.90. The van der Waals surface area contributed by atoms with Crippen LogP contribution in [0.2, 0.25) is 0 Å². The molecule has 0 saturated carbocycles. The molecule has 8 heteroatoms. The minimum atomic E-state index is -1.37. The van der Waals surface area contributed by atoms with Crippen molar-refractivity contribution in [3.8, 4) is 0 Å². The van der Waals surface area contributed by atoms with Gasteiger partial charge in [-0.15, -0.1) is 0 Å². The standard InChI is InChI=1S/C21H24N2O5S/c1-15(24)22-19(14-16-8-4-2-5-9-16)20(25)23-18(21(26)27)12-13-29(28)17-10-6-3-7-11-17/h2-11,18-19H,12-14H2,1H3,(H,22,24)(H,23,25)(H,26,27)/t18-,19+,29+/m0/s1. The van der Waals surface area contributed by atoms with Gasteiger partial charge in [-0.25, -0.2) is 4.79 Å². The Balaban J connectivity index is 2.02. The van der Waals surface area contributed by atoms with Gasteiger partial charge in [-0.05, 0) is 24.1 Å². The first-order valence-corrected chi connectivity index (χ1v) is 10.5. The van der Waals surface area contributed by atoms with Gasteiger partial charge < -0.3 is 15.7 Å². The number of benzene rings is 2. The molecule has 29 heavy (non-hydrogen) atoms. The lowest BCUT2D eigenvalue weighted by Gasteiger charge is -2.21. The third-order valence-corrected chi connectivity index (χ3v) is 5.59. The highest BCUT2D eigenvalue weighted by Crippen LogP contribution is 2.09. The molecule has 0 aliphatic rings. The molecule has 0 saturated heterocycles. The molecule has 2 rings (SSSR count). The van der Waals surface area contributed by atoms with Crippen LogP contribution in [0.15, 0.2) is 65.6 Å². The number of carboxylic acid groups (broad SMARTS) is 1. The molecule has 0 aromatic heterocycles. The highest BCUT2D eigenvalue weighted by atomic mass is 32.2. The summed E-state index contributed by atoms with van der Waals surface area (Å²) in [6.07, 6.45) is 0.231. The second-order valence-corrected chi connectivity index (χ2v) is 8.06. The zero-order valence-electron chi connectivity index (χ0n) is 16.0. The Morgan fingerprint density at radius 1 is 0.931 bits per heavy atom. The lowest BCUT2D eigenvalue weighted by atomic mass is 10.0. The maximum atomic E-state index is 12.6. The third-order valence-electron chi connectivity index (χ3n) is 4.19. The molecule has 2 amide bonds. The van der Waals surface area contributed by atoms with Crippen molar-refractivity contribution < 1.29 is 23.7 Å². The molecule has 7 nitrogen and oxygen atoms in total. The summed E-state index contributed by atoms with van der Waals surface area (Å²) >= 11 is 0. The van der Waals surface area contributed by atoms with Crippen molar-refractivity contribution in [3.05, 3.63) is 66.2 Å². The number of amides is 2. The number of rotatable bonds is 10. The molecular formula is C21H24N2O5S. The monoisotopic (exact) mass is 416 g/mol. The fraction of sp³-hybridized carbons (Fsp3) is 0.286. The molecule has 0 aliphatic carbocycles. The molecule has 154 valence electrons. The van der Waals surface area contributed by atoms with Crippen LogP contribution in [0, 0.1) is 0 Å². The van der Waals surface area contributed by atoms with Gasteiger partial charge >= 0.3 is 5.97 Å². The quantitative estimate of drug-likeness (QED) is 0.543. The van der Waals surface area contributed by atoms with Crippen molar-refractivity contribution in [2.75, 3.05) is 5.75 Å².